The fourth-order valence-electron chi connectivity index (χ4n) is 4.60. The lowest BCUT2D eigenvalue weighted by atomic mass is 9.88. The van der Waals surface area contributed by atoms with Gasteiger partial charge in [0.1, 0.15) is 11.0 Å². The summed E-state index contributed by atoms with van der Waals surface area (Å²) in [6.45, 7) is 4.02. The molecule has 0 unspecified atom stereocenters. The summed E-state index contributed by atoms with van der Waals surface area (Å²) in [5, 5.41) is 4.25. The summed E-state index contributed by atoms with van der Waals surface area (Å²) < 4.78 is 0. The van der Waals surface area contributed by atoms with Gasteiger partial charge in [-0.2, -0.15) is 0 Å². The maximum absolute atomic E-state index is 11.9. The van der Waals surface area contributed by atoms with Crippen LogP contribution in [0.5, 0.6) is 0 Å². The third kappa shape index (κ3) is 3.55. The number of nitrogens with one attached hydrogen (secondary N) is 2. The van der Waals surface area contributed by atoms with E-state index in [1.807, 2.05) is 29.8 Å². The first-order chi connectivity index (χ1) is 12.7. The van der Waals surface area contributed by atoms with E-state index >= 15 is 0 Å². The molecule has 1 amide bonds. The van der Waals surface area contributed by atoms with Crippen molar-refractivity contribution in [3.63, 3.8) is 0 Å². The molecule has 0 bridgehead atoms. The van der Waals surface area contributed by atoms with Gasteiger partial charge >= 0.3 is 0 Å². The molecule has 1 saturated heterocycles. The van der Waals surface area contributed by atoms with Gasteiger partial charge in [-0.15, -0.1) is 11.3 Å². The highest BCUT2D eigenvalue weighted by Gasteiger charge is 2.35. The van der Waals surface area contributed by atoms with Gasteiger partial charge in [-0.3, -0.25) is 9.78 Å². The molecule has 4 nitrogen and oxygen atoms in total. The summed E-state index contributed by atoms with van der Waals surface area (Å²) in [7, 11) is 0. The highest BCUT2D eigenvalue weighted by Crippen LogP contribution is 2.42. The summed E-state index contributed by atoms with van der Waals surface area (Å²) in [6, 6.07) is 4.54. The number of thiophene rings is 1. The van der Waals surface area contributed by atoms with E-state index in [1.165, 1.54) is 66.8 Å². The fourth-order valence-corrected chi connectivity index (χ4v) is 5.97. The lowest BCUT2D eigenvalue weighted by Crippen LogP contribution is -3.13. The Labute approximate surface area is 159 Å². The molecule has 2 N–H and O–H groups in total. The van der Waals surface area contributed by atoms with E-state index in [2.05, 4.69) is 16.4 Å². The Morgan fingerprint density at radius 1 is 1.19 bits per heavy atom. The first-order valence-electron chi connectivity index (χ1n) is 9.90. The minimum absolute atomic E-state index is 0.0310. The zero-order valence-electron chi connectivity index (χ0n) is 15.5. The summed E-state index contributed by atoms with van der Waals surface area (Å²) >= 11 is 1.81. The van der Waals surface area contributed by atoms with Gasteiger partial charge in [0.05, 0.1) is 18.7 Å². The Balaban J connectivity index is 1.84. The van der Waals surface area contributed by atoms with Crippen LogP contribution in [0.1, 0.15) is 66.6 Å². The summed E-state index contributed by atoms with van der Waals surface area (Å²) in [5.74, 6) is 0.0310. The van der Waals surface area contributed by atoms with Crippen LogP contribution in [0.3, 0.4) is 0 Å². The molecular formula is C21H28N3OS+. The molecule has 2 aliphatic rings. The van der Waals surface area contributed by atoms with E-state index < -0.39 is 0 Å². The third-order valence-corrected chi connectivity index (χ3v) is 6.94. The maximum atomic E-state index is 11.9. The number of aromatic nitrogens is 1. The van der Waals surface area contributed by atoms with Crippen molar-refractivity contribution in [2.75, 3.05) is 18.4 Å². The topological polar surface area (TPSA) is 46.4 Å². The van der Waals surface area contributed by atoms with Crippen LogP contribution >= 0.6 is 11.3 Å². The van der Waals surface area contributed by atoms with Crippen molar-refractivity contribution < 1.29 is 9.69 Å². The monoisotopic (exact) mass is 370 g/mol. The van der Waals surface area contributed by atoms with E-state index in [-0.39, 0.29) is 11.9 Å². The van der Waals surface area contributed by atoms with Crippen molar-refractivity contribution in [3.05, 3.63) is 46.1 Å². The Hall–Kier alpha value is -1.72. The fraction of sp³-hybridized carbons (Fsp3) is 0.524. The van der Waals surface area contributed by atoms with Crippen LogP contribution in [0.2, 0.25) is 0 Å². The lowest BCUT2D eigenvalue weighted by molar-refractivity contribution is -0.930. The smallest absolute Gasteiger partial charge is 0.221 e. The summed E-state index contributed by atoms with van der Waals surface area (Å²) in [4.78, 5) is 19.4. The molecule has 0 aromatic carbocycles. The zero-order valence-corrected chi connectivity index (χ0v) is 16.3. The minimum atomic E-state index is 0.0310. The van der Waals surface area contributed by atoms with Crippen LogP contribution in [0.15, 0.2) is 24.5 Å². The van der Waals surface area contributed by atoms with Gasteiger partial charge in [0.2, 0.25) is 5.91 Å². The molecule has 5 heteroatoms. The van der Waals surface area contributed by atoms with Gasteiger partial charge < -0.3 is 10.2 Å². The second-order valence-corrected chi connectivity index (χ2v) is 8.68. The van der Waals surface area contributed by atoms with E-state index in [0.717, 1.165) is 17.8 Å². The Morgan fingerprint density at radius 3 is 2.73 bits per heavy atom. The number of pyridine rings is 1. The number of amides is 1. The number of nitrogens with zero attached hydrogens (tertiary/aromatic N) is 1. The third-order valence-electron chi connectivity index (χ3n) is 5.71. The molecule has 1 atom stereocenters. The molecule has 1 fully saturated rings. The number of carbonyl (C=O) groups is 1. The van der Waals surface area contributed by atoms with Gasteiger partial charge in [-0.25, -0.2) is 0 Å². The minimum Gasteiger partial charge on any atom is -0.325 e. The highest BCUT2D eigenvalue weighted by atomic mass is 32.1. The molecule has 0 radical (unpaired) electrons. The van der Waals surface area contributed by atoms with Crippen molar-refractivity contribution >= 4 is 22.2 Å². The van der Waals surface area contributed by atoms with Gasteiger partial charge in [0.15, 0.2) is 0 Å². The number of piperidine rings is 1. The largest absolute Gasteiger partial charge is 0.325 e. The van der Waals surface area contributed by atoms with Crippen molar-refractivity contribution in [3.8, 4) is 0 Å². The Kier molecular flexibility index (Phi) is 5.36. The molecule has 0 saturated carbocycles. The number of likely N-dealkylation sites (tertiary alicyclic amines) is 1. The number of aryl methyl sites for hydroxylation is 1. The van der Waals surface area contributed by atoms with E-state index in [4.69, 9.17) is 0 Å². The second kappa shape index (κ2) is 7.89. The first kappa shape index (κ1) is 17.7. The van der Waals surface area contributed by atoms with Crippen LogP contribution in [0.25, 0.3) is 0 Å². The number of quaternary nitrogens is 1. The number of anilines is 1. The van der Waals surface area contributed by atoms with E-state index in [1.54, 1.807) is 11.8 Å². The van der Waals surface area contributed by atoms with Gasteiger partial charge in [-0.05, 0) is 62.6 Å². The number of hydrogen-bond acceptors (Lipinski definition) is 3. The van der Waals surface area contributed by atoms with Crippen LogP contribution < -0.4 is 10.2 Å². The highest BCUT2D eigenvalue weighted by molar-refractivity contribution is 7.16. The first-order valence-corrected chi connectivity index (χ1v) is 10.7. The maximum Gasteiger partial charge on any atom is 0.221 e. The van der Waals surface area contributed by atoms with Crippen molar-refractivity contribution in [2.24, 2.45) is 0 Å². The zero-order chi connectivity index (χ0) is 17.9. The molecule has 1 aliphatic carbocycles. The van der Waals surface area contributed by atoms with Crippen LogP contribution in [0.4, 0.5) is 5.00 Å². The second-order valence-electron chi connectivity index (χ2n) is 7.57. The van der Waals surface area contributed by atoms with Gasteiger partial charge in [-0.1, -0.05) is 0 Å². The number of rotatable bonds is 4. The molecule has 2 aromatic rings. The van der Waals surface area contributed by atoms with Crippen LogP contribution in [-0.2, 0) is 17.6 Å². The average molecular weight is 371 g/mol. The van der Waals surface area contributed by atoms with Crippen LogP contribution in [0, 0.1) is 0 Å². The van der Waals surface area contributed by atoms with Crippen LogP contribution in [-0.4, -0.2) is 24.0 Å². The molecule has 0 spiro atoms. The van der Waals surface area contributed by atoms with Gasteiger partial charge in [0, 0.05) is 29.8 Å². The standard InChI is InChI=1S/C21H27N3OS/c1-15(25)23-21-19(17-9-3-4-10-18(17)26-21)20(16-8-7-11-22-14-16)24-12-5-2-6-13-24/h7-8,11,14,20H,2-6,9-10,12-13H2,1H3,(H,23,25)/p+1/t20-/m0/s1. The van der Waals surface area contributed by atoms with Gasteiger partial charge in [0.25, 0.3) is 0 Å². The van der Waals surface area contributed by atoms with E-state index in [0.29, 0.717) is 0 Å². The van der Waals surface area contributed by atoms with E-state index in [9.17, 15) is 4.79 Å². The SMILES string of the molecule is CC(=O)Nc1sc2c(c1[C@H](c1cccnc1)[NH+]1CCCCC1)CCCC2. The predicted octanol–water partition coefficient (Wildman–Crippen LogP) is 3.14. The quantitative estimate of drug-likeness (QED) is 0.869. The Bertz CT molecular complexity index is 765. The molecule has 26 heavy (non-hydrogen) atoms. The van der Waals surface area contributed by atoms with Crippen molar-refractivity contribution in [1.29, 1.82) is 0 Å². The normalized spacial score (nSPS) is 19.0. The molecule has 3 heterocycles. The average Bonchev–Trinajstić information content (AvgIpc) is 3.01. The Morgan fingerprint density at radius 2 is 2.00 bits per heavy atom. The summed E-state index contributed by atoms with van der Waals surface area (Å²) in [6.07, 6.45) is 12.6. The number of fused-ring (bicyclic) bond motifs is 1. The molecule has 1 aliphatic heterocycles. The predicted molar refractivity (Wildman–Crippen MR) is 106 cm³/mol. The molecule has 2 aromatic heterocycles. The van der Waals surface area contributed by atoms with Crippen molar-refractivity contribution in [1.82, 2.24) is 4.98 Å². The lowest BCUT2D eigenvalue weighted by Gasteiger charge is -2.33. The molecular weight excluding hydrogens is 342 g/mol. The number of hydrogen-bond donors (Lipinski definition) is 2. The van der Waals surface area contributed by atoms with Crippen molar-refractivity contribution in [2.45, 2.75) is 57.9 Å². The number of carbonyl (C=O) groups excluding carboxylic acids is 1. The molecule has 4 rings (SSSR count). The summed E-state index contributed by atoms with van der Waals surface area (Å²) in [5.41, 5.74) is 4.17. The molecule has 138 valence electrons.